The van der Waals surface area contributed by atoms with Gasteiger partial charge >= 0.3 is 0 Å². The van der Waals surface area contributed by atoms with Crippen LogP contribution in [0.25, 0.3) is 0 Å². The summed E-state index contributed by atoms with van der Waals surface area (Å²) in [6.45, 7) is -0.0462. The molecule has 5 nitrogen and oxygen atoms in total. The van der Waals surface area contributed by atoms with Gasteiger partial charge in [-0.25, -0.2) is 5.43 Å². The summed E-state index contributed by atoms with van der Waals surface area (Å²) in [6.07, 6.45) is 6.42. The summed E-state index contributed by atoms with van der Waals surface area (Å²) in [4.78, 5) is 11.7. The molecule has 1 fully saturated rings. The van der Waals surface area contributed by atoms with Gasteiger partial charge in [-0.1, -0.05) is 12.2 Å². The van der Waals surface area contributed by atoms with Crippen molar-refractivity contribution in [3.8, 4) is 11.5 Å². The molecule has 1 aromatic carbocycles. The number of benzene rings is 1. The van der Waals surface area contributed by atoms with Crippen molar-refractivity contribution >= 4 is 11.6 Å². The van der Waals surface area contributed by atoms with Crippen LogP contribution in [0.4, 0.5) is 0 Å². The summed E-state index contributed by atoms with van der Waals surface area (Å²) in [5.41, 5.74) is 3.65. The quantitative estimate of drug-likeness (QED) is 0.666. The Morgan fingerprint density at radius 1 is 1.33 bits per heavy atom. The summed E-state index contributed by atoms with van der Waals surface area (Å²) in [5.74, 6) is 2.28. The Balaban J connectivity index is 1.43. The average molecular weight is 286 g/mol. The summed E-state index contributed by atoms with van der Waals surface area (Å²) >= 11 is 0. The molecule has 0 spiro atoms. The Bertz CT molecular complexity index is 578. The zero-order valence-corrected chi connectivity index (χ0v) is 11.9. The summed E-state index contributed by atoms with van der Waals surface area (Å²) < 4.78 is 10.4. The lowest BCUT2D eigenvalue weighted by atomic mass is 9.74. The third kappa shape index (κ3) is 3.07. The number of hydrazone groups is 1. The molecule has 0 aliphatic heterocycles. The first-order valence-corrected chi connectivity index (χ1v) is 7.05. The van der Waals surface area contributed by atoms with Crippen LogP contribution in [0, 0.1) is 11.8 Å². The molecule has 0 heterocycles. The molecule has 1 amide bonds. The van der Waals surface area contributed by atoms with E-state index in [0.29, 0.717) is 17.6 Å². The molecule has 2 atom stereocenters. The lowest BCUT2D eigenvalue weighted by Gasteiger charge is -2.31. The maximum absolute atomic E-state index is 11.7. The number of ether oxygens (including phenoxy) is 2. The fourth-order valence-corrected chi connectivity index (χ4v) is 2.65. The maximum Gasteiger partial charge on any atom is 0.277 e. The predicted octanol–water partition coefficient (Wildman–Crippen LogP) is 2.14. The topological polar surface area (TPSA) is 59.9 Å². The Hall–Kier alpha value is -2.30. The van der Waals surface area contributed by atoms with E-state index in [9.17, 15) is 4.79 Å². The van der Waals surface area contributed by atoms with Gasteiger partial charge in [0.1, 0.15) is 11.5 Å². The third-order valence-corrected chi connectivity index (χ3v) is 3.92. The number of hydrogen-bond donors (Lipinski definition) is 1. The van der Waals surface area contributed by atoms with Crippen LogP contribution in [0.1, 0.15) is 12.8 Å². The standard InChI is InChI=1S/C16H18N2O3/c1-20-12-5-7-13(8-6-12)21-10-16(19)18-17-15-9-11-3-2-4-14(11)15/h2-3,5-8,11,14H,4,9-10H2,1H3,(H,18,19)/b17-15-/t11-,14-/m1/s1. The van der Waals surface area contributed by atoms with E-state index in [2.05, 4.69) is 22.7 Å². The fraction of sp³-hybridized carbons (Fsp3) is 0.375. The zero-order chi connectivity index (χ0) is 14.7. The Morgan fingerprint density at radius 3 is 2.81 bits per heavy atom. The van der Waals surface area contributed by atoms with Gasteiger partial charge in [0.05, 0.1) is 7.11 Å². The van der Waals surface area contributed by atoms with E-state index in [1.54, 1.807) is 31.4 Å². The van der Waals surface area contributed by atoms with Crippen LogP contribution in [0.15, 0.2) is 41.5 Å². The van der Waals surface area contributed by atoms with Crippen molar-refractivity contribution in [2.75, 3.05) is 13.7 Å². The van der Waals surface area contributed by atoms with Gasteiger partial charge in [0.25, 0.3) is 5.91 Å². The molecule has 2 aliphatic rings. The van der Waals surface area contributed by atoms with Crippen molar-refractivity contribution in [1.82, 2.24) is 5.43 Å². The number of methoxy groups -OCH3 is 1. The van der Waals surface area contributed by atoms with Crippen LogP contribution in [0.5, 0.6) is 11.5 Å². The van der Waals surface area contributed by atoms with Crippen molar-refractivity contribution in [3.05, 3.63) is 36.4 Å². The number of nitrogens with zero attached hydrogens (tertiary/aromatic N) is 1. The normalized spacial score (nSPS) is 24.3. The average Bonchev–Trinajstić information content (AvgIpc) is 2.87. The molecule has 110 valence electrons. The first-order valence-electron chi connectivity index (χ1n) is 7.05. The smallest absolute Gasteiger partial charge is 0.277 e. The van der Waals surface area contributed by atoms with E-state index in [0.717, 1.165) is 24.3 Å². The number of carbonyl (C=O) groups is 1. The van der Waals surface area contributed by atoms with E-state index in [-0.39, 0.29) is 12.5 Å². The molecule has 0 bridgehead atoms. The highest BCUT2D eigenvalue weighted by atomic mass is 16.5. The highest BCUT2D eigenvalue weighted by molar-refractivity contribution is 5.94. The van der Waals surface area contributed by atoms with Gasteiger partial charge < -0.3 is 9.47 Å². The minimum absolute atomic E-state index is 0.0462. The molecule has 0 aromatic heterocycles. The number of nitrogens with one attached hydrogen (secondary N) is 1. The molecule has 1 N–H and O–H groups in total. The van der Waals surface area contributed by atoms with Gasteiger partial charge in [0, 0.05) is 11.6 Å². The van der Waals surface area contributed by atoms with Crippen LogP contribution < -0.4 is 14.9 Å². The number of rotatable bonds is 5. The van der Waals surface area contributed by atoms with Gasteiger partial charge in [-0.3, -0.25) is 4.79 Å². The molecule has 3 rings (SSSR count). The van der Waals surface area contributed by atoms with E-state index in [1.165, 1.54) is 0 Å². The van der Waals surface area contributed by atoms with Crippen LogP contribution in [0.2, 0.25) is 0 Å². The summed E-state index contributed by atoms with van der Waals surface area (Å²) in [6, 6.07) is 7.10. The summed E-state index contributed by atoms with van der Waals surface area (Å²) in [5, 5.41) is 4.19. The van der Waals surface area contributed by atoms with Crippen molar-refractivity contribution < 1.29 is 14.3 Å². The van der Waals surface area contributed by atoms with E-state index in [4.69, 9.17) is 9.47 Å². The van der Waals surface area contributed by atoms with Crippen LogP contribution in [-0.2, 0) is 4.79 Å². The molecule has 0 saturated heterocycles. The predicted molar refractivity (Wildman–Crippen MR) is 79.4 cm³/mol. The molecule has 2 aliphatic carbocycles. The summed E-state index contributed by atoms with van der Waals surface area (Å²) in [7, 11) is 1.60. The Labute approximate surface area is 123 Å². The lowest BCUT2D eigenvalue weighted by Crippen LogP contribution is -2.36. The Morgan fingerprint density at radius 2 is 2.10 bits per heavy atom. The molecular formula is C16H18N2O3. The second-order valence-corrected chi connectivity index (χ2v) is 5.24. The van der Waals surface area contributed by atoms with Crippen molar-refractivity contribution in [3.63, 3.8) is 0 Å². The van der Waals surface area contributed by atoms with E-state index >= 15 is 0 Å². The van der Waals surface area contributed by atoms with E-state index < -0.39 is 0 Å². The molecule has 1 aromatic rings. The second-order valence-electron chi connectivity index (χ2n) is 5.24. The van der Waals surface area contributed by atoms with Crippen LogP contribution in [0.3, 0.4) is 0 Å². The first kappa shape index (κ1) is 13.7. The molecular weight excluding hydrogens is 268 g/mol. The van der Waals surface area contributed by atoms with Gasteiger partial charge in [-0.15, -0.1) is 0 Å². The highest BCUT2D eigenvalue weighted by Gasteiger charge is 2.37. The fourth-order valence-electron chi connectivity index (χ4n) is 2.65. The van der Waals surface area contributed by atoms with Crippen molar-refractivity contribution in [2.24, 2.45) is 16.9 Å². The van der Waals surface area contributed by atoms with Gasteiger partial charge in [-0.05, 0) is 43.0 Å². The van der Waals surface area contributed by atoms with Crippen LogP contribution >= 0.6 is 0 Å². The van der Waals surface area contributed by atoms with Gasteiger partial charge in [0.2, 0.25) is 0 Å². The third-order valence-electron chi connectivity index (χ3n) is 3.92. The lowest BCUT2D eigenvalue weighted by molar-refractivity contribution is -0.123. The Kier molecular flexibility index (Phi) is 3.90. The van der Waals surface area contributed by atoms with E-state index in [1.807, 2.05) is 0 Å². The van der Waals surface area contributed by atoms with Crippen molar-refractivity contribution in [1.29, 1.82) is 0 Å². The molecule has 21 heavy (non-hydrogen) atoms. The molecule has 5 heteroatoms. The molecule has 1 saturated carbocycles. The molecule has 0 unspecified atom stereocenters. The monoisotopic (exact) mass is 286 g/mol. The number of amides is 1. The number of allylic oxidation sites excluding steroid dienone is 2. The maximum atomic E-state index is 11.7. The minimum Gasteiger partial charge on any atom is -0.497 e. The minimum atomic E-state index is -0.243. The number of hydrogen-bond acceptors (Lipinski definition) is 4. The SMILES string of the molecule is COc1ccc(OCC(=O)N/N=C2/C[C@H]3C=CC[C@@H]23)cc1. The van der Waals surface area contributed by atoms with Crippen LogP contribution in [-0.4, -0.2) is 25.3 Å². The van der Waals surface area contributed by atoms with Crippen molar-refractivity contribution in [2.45, 2.75) is 12.8 Å². The number of carbonyl (C=O) groups excluding carboxylic acids is 1. The zero-order valence-electron chi connectivity index (χ0n) is 11.9. The number of fused-ring (bicyclic) bond motifs is 1. The molecule has 0 radical (unpaired) electrons. The highest BCUT2D eigenvalue weighted by Crippen LogP contribution is 2.39. The van der Waals surface area contributed by atoms with Gasteiger partial charge in [-0.2, -0.15) is 5.10 Å². The van der Waals surface area contributed by atoms with Gasteiger partial charge in [0.15, 0.2) is 6.61 Å². The second kappa shape index (κ2) is 5.99. The largest absolute Gasteiger partial charge is 0.497 e. The first-order chi connectivity index (χ1) is 10.3.